The van der Waals surface area contributed by atoms with Crippen LogP contribution in [0.15, 0.2) is 66.7 Å². The van der Waals surface area contributed by atoms with Gasteiger partial charge in [0.2, 0.25) is 0 Å². The Morgan fingerprint density at radius 2 is 1.80 bits per heavy atom. The highest BCUT2D eigenvalue weighted by molar-refractivity contribution is 8.25. The first kappa shape index (κ1) is 35.0. The lowest BCUT2D eigenvalue weighted by molar-refractivity contribution is -0.385. The summed E-state index contributed by atoms with van der Waals surface area (Å²) < 4.78 is 62.9. The number of carbonyl (C=O) groups is 1. The molecule has 0 saturated carbocycles. The number of amides is 1. The smallest absolute Gasteiger partial charge is 0.390 e. The first-order valence-corrected chi connectivity index (χ1v) is 16.5. The van der Waals surface area contributed by atoms with Crippen molar-refractivity contribution in [1.82, 2.24) is 10.6 Å². The van der Waals surface area contributed by atoms with Gasteiger partial charge in [0.05, 0.1) is 34.1 Å². The Kier molecular flexibility index (Phi) is 11.5. The lowest BCUT2D eigenvalue weighted by Crippen LogP contribution is -2.48. The molecule has 15 heteroatoms. The second kappa shape index (κ2) is 15.1. The van der Waals surface area contributed by atoms with Crippen molar-refractivity contribution >= 4 is 33.7 Å². The lowest BCUT2D eigenvalue weighted by atomic mass is 10.00. The zero-order valence-corrected chi connectivity index (χ0v) is 26.0. The fraction of sp³-hybridized carbons (Fsp3) is 0.387. The number of anilines is 2. The molecule has 46 heavy (non-hydrogen) atoms. The van der Waals surface area contributed by atoms with Gasteiger partial charge in [0.15, 0.2) is 0 Å². The van der Waals surface area contributed by atoms with E-state index in [4.69, 9.17) is 0 Å². The van der Waals surface area contributed by atoms with Crippen molar-refractivity contribution in [1.29, 1.82) is 0 Å². The second-order valence-corrected chi connectivity index (χ2v) is 13.2. The van der Waals surface area contributed by atoms with Gasteiger partial charge >= 0.3 is 6.18 Å². The Bertz CT molecular complexity index is 1510. The fourth-order valence-electron chi connectivity index (χ4n) is 5.25. The molecular weight excluding hydrogens is 627 g/mol. The van der Waals surface area contributed by atoms with E-state index in [-0.39, 0.29) is 36.4 Å². The summed E-state index contributed by atoms with van der Waals surface area (Å²) >= 11 is 0. The normalized spacial score (nSPS) is 16.7. The summed E-state index contributed by atoms with van der Waals surface area (Å²) in [5.74, 6) is -0.297. The Labute approximate surface area is 266 Å². The molecule has 1 amide bonds. The summed E-state index contributed by atoms with van der Waals surface area (Å²) in [6.45, 7) is 2.49. The van der Waals surface area contributed by atoms with Gasteiger partial charge in [-0.15, -0.1) is 10.8 Å². The largest absolute Gasteiger partial charge is 0.416 e. The predicted molar refractivity (Wildman–Crippen MR) is 172 cm³/mol. The van der Waals surface area contributed by atoms with Crippen LogP contribution < -0.4 is 20.3 Å². The molecule has 4 rings (SSSR count). The van der Waals surface area contributed by atoms with E-state index in [0.29, 0.717) is 37.0 Å². The number of carbonyl (C=O) groups excluding carboxylic acids is 1. The van der Waals surface area contributed by atoms with E-state index < -0.39 is 51.2 Å². The quantitative estimate of drug-likeness (QED) is 0.0979. The summed E-state index contributed by atoms with van der Waals surface area (Å²) in [4.78, 5) is 24.0. The molecule has 1 fully saturated rings. The minimum atomic E-state index is -4.78. The Morgan fingerprint density at radius 1 is 1.07 bits per heavy atom. The highest BCUT2D eigenvalue weighted by Crippen LogP contribution is 2.50. The van der Waals surface area contributed by atoms with Crippen LogP contribution in [0.2, 0.25) is 0 Å². The second-order valence-electron chi connectivity index (χ2n) is 11.1. The van der Waals surface area contributed by atoms with Crippen molar-refractivity contribution in [2.24, 2.45) is 0 Å². The Balaban J connectivity index is 1.54. The predicted octanol–water partition coefficient (Wildman–Crippen LogP) is 5.80. The molecule has 1 heterocycles. The van der Waals surface area contributed by atoms with Crippen LogP contribution in [-0.4, -0.2) is 62.6 Å². The molecular formula is C31H38F3N5O6S. The molecule has 3 aromatic carbocycles. The number of nitrogens with zero attached hydrogens (tertiary/aromatic N) is 2. The molecule has 0 bridgehead atoms. The van der Waals surface area contributed by atoms with Crippen LogP contribution >= 0.6 is 10.8 Å². The van der Waals surface area contributed by atoms with Gasteiger partial charge in [-0.3, -0.25) is 28.3 Å². The third-order valence-electron chi connectivity index (χ3n) is 7.51. The first-order chi connectivity index (χ1) is 21.8. The number of halogens is 3. The fourth-order valence-corrected chi connectivity index (χ4v) is 6.93. The van der Waals surface area contributed by atoms with Crippen molar-refractivity contribution in [2.75, 3.05) is 35.0 Å². The van der Waals surface area contributed by atoms with Gasteiger partial charge in [-0.1, -0.05) is 30.3 Å². The number of aliphatic hydroxyl groups is 1. The molecule has 0 radical (unpaired) electrons. The van der Waals surface area contributed by atoms with Gasteiger partial charge in [-0.2, -0.15) is 13.2 Å². The van der Waals surface area contributed by atoms with E-state index in [1.165, 1.54) is 4.31 Å². The van der Waals surface area contributed by atoms with E-state index in [1.54, 1.807) is 18.2 Å². The average molecular weight is 666 g/mol. The molecule has 0 aromatic heterocycles. The monoisotopic (exact) mass is 665 g/mol. The third-order valence-corrected chi connectivity index (χ3v) is 9.44. The standard InChI is InChI=1S/C31H38F3N5O6S/c1-2-36-25-15-23(16-26(18-25)38-10-6-7-11-46(38,44)45)30(41)37-28(14-21-8-4-3-5-9-21)29(40)20-35-19-22-12-24(31(32,33)34)17-27(13-22)39(42)43/h3-5,8-9,12-13,15-18,28-29,35-36,40,44-45H,2,6-7,10-11,14,19-20H2,1H3,(H,37,41). The zero-order valence-electron chi connectivity index (χ0n) is 25.2. The molecule has 11 nitrogen and oxygen atoms in total. The Morgan fingerprint density at radius 3 is 2.46 bits per heavy atom. The SMILES string of the molecule is CCNc1cc(C(=O)NC(Cc2ccccc2)C(O)CNCc2cc([N+](=O)[O-])cc(C(F)(F)F)c2)cc(N2CCCCS2(O)O)c1. The van der Waals surface area contributed by atoms with E-state index in [1.807, 2.05) is 37.3 Å². The summed E-state index contributed by atoms with van der Waals surface area (Å²) in [7, 11) is -3.05. The topological polar surface area (TPSA) is 160 Å². The van der Waals surface area contributed by atoms with Crippen LogP contribution in [0.5, 0.6) is 0 Å². The number of rotatable bonds is 13. The van der Waals surface area contributed by atoms with Crippen molar-refractivity contribution in [3.8, 4) is 0 Å². The van der Waals surface area contributed by atoms with E-state index in [0.717, 1.165) is 24.1 Å². The zero-order chi connectivity index (χ0) is 33.5. The number of nitrogens with one attached hydrogen (secondary N) is 3. The molecule has 1 saturated heterocycles. The van der Waals surface area contributed by atoms with Crippen LogP contribution in [-0.2, 0) is 19.1 Å². The number of alkyl halides is 3. The minimum Gasteiger partial charge on any atom is -0.390 e. The number of non-ortho nitro benzene ring substituents is 1. The molecule has 0 spiro atoms. The number of aliphatic hydroxyl groups excluding tert-OH is 1. The van der Waals surface area contributed by atoms with Gasteiger partial charge in [0.25, 0.3) is 11.6 Å². The molecule has 1 aliphatic heterocycles. The molecule has 2 unspecified atom stereocenters. The lowest BCUT2D eigenvalue weighted by Gasteiger charge is -2.47. The van der Waals surface area contributed by atoms with Crippen LogP contribution in [0.1, 0.15) is 46.8 Å². The average Bonchev–Trinajstić information content (AvgIpc) is 3.00. The maximum atomic E-state index is 13.7. The van der Waals surface area contributed by atoms with Gasteiger partial charge in [0, 0.05) is 49.6 Å². The van der Waals surface area contributed by atoms with E-state index >= 15 is 0 Å². The first-order valence-electron chi connectivity index (χ1n) is 14.8. The summed E-state index contributed by atoms with van der Waals surface area (Å²) in [6, 6.07) is 15.5. The molecule has 3 aromatic rings. The number of hydrogen-bond acceptors (Lipinski definition) is 9. The van der Waals surface area contributed by atoms with Gasteiger partial charge in [0.1, 0.15) is 0 Å². The van der Waals surface area contributed by atoms with Crippen molar-refractivity contribution in [3.05, 3.63) is 99.1 Å². The number of nitro groups is 1. The van der Waals surface area contributed by atoms with Crippen LogP contribution in [0.25, 0.3) is 0 Å². The summed E-state index contributed by atoms with van der Waals surface area (Å²) in [5.41, 5.74) is 0.259. The molecule has 6 N–H and O–H groups in total. The van der Waals surface area contributed by atoms with Crippen LogP contribution in [0, 0.1) is 10.1 Å². The number of benzene rings is 3. The molecule has 1 aliphatic rings. The number of nitro benzene ring substituents is 1. The maximum absolute atomic E-state index is 13.7. The van der Waals surface area contributed by atoms with Gasteiger partial charge in [-0.25, -0.2) is 0 Å². The van der Waals surface area contributed by atoms with Crippen molar-refractivity contribution in [3.63, 3.8) is 0 Å². The molecule has 2 atom stereocenters. The van der Waals surface area contributed by atoms with Gasteiger partial charge < -0.3 is 21.1 Å². The molecule has 0 aliphatic carbocycles. The summed E-state index contributed by atoms with van der Waals surface area (Å²) in [6.07, 6.45) is -4.33. The molecule has 250 valence electrons. The summed E-state index contributed by atoms with van der Waals surface area (Å²) in [5, 5.41) is 31.3. The third kappa shape index (κ3) is 9.33. The Hall–Kier alpha value is -3.89. The van der Waals surface area contributed by atoms with Crippen molar-refractivity contribution in [2.45, 2.75) is 51.1 Å². The van der Waals surface area contributed by atoms with Gasteiger partial charge in [-0.05, 0) is 61.6 Å². The maximum Gasteiger partial charge on any atom is 0.416 e. The van der Waals surface area contributed by atoms with E-state index in [2.05, 4.69) is 16.0 Å². The van der Waals surface area contributed by atoms with Crippen molar-refractivity contribution < 1.29 is 37.1 Å². The number of hydrogen-bond donors (Lipinski definition) is 6. The minimum absolute atomic E-state index is 0.00817. The van der Waals surface area contributed by atoms with Crippen LogP contribution in [0.3, 0.4) is 0 Å². The van der Waals surface area contributed by atoms with E-state index in [9.17, 15) is 42.3 Å². The highest BCUT2D eigenvalue weighted by Gasteiger charge is 2.33. The highest BCUT2D eigenvalue weighted by atomic mass is 32.3. The van der Waals surface area contributed by atoms with Crippen LogP contribution in [0.4, 0.5) is 30.2 Å².